The average Bonchev–Trinajstić information content (AvgIpc) is 2.57. The van der Waals surface area contributed by atoms with E-state index in [4.69, 9.17) is 4.74 Å². The molecular formula is C17H35N3O2. The fourth-order valence-electron chi connectivity index (χ4n) is 2.65. The summed E-state index contributed by atoms with van der Waals surface area (Å²) in [5.41, 5.74) is -0.453. The third-order valence-electron chi connectivity index (χ3n) is 4.09. The van der Waals surface area contributed by atoms with Crippen LogP contribution in [0.25, 0.3) is 0 Å². The van der Waals surface area contributed by atoms with Crippen molar-refractivity contribution in [3.8, 4) is 0 Å². The largest absolute Gasteiger partial charge is 0.444 e. The van der Waals surface area contributed by atoms with Crippen LogP contribution in [0.3, 0.4) is 0 Å². The van der Waals surface area contributed by atoms with E-state index in [-0.39, 0.29) is 12.1 Å². The van der Waals surface area contributed by atoms with Gasteiger partial charge >= 0.3 is 6.09 Å². The second-order valence-electron chi connectivity index (χ2n) is 7.84. The van der Waals surface area contributed by atoms with E-state index in [2.05, 4.69) is 36.4 Å². The molecule has 1 heterocycles. The van der Waals surface area contributed by atoms with Gasteiger partial charge in [-0.1, -0.05) is 13.8 Å². The summed E-state index contributed by atoms with van der Waals surface area (Å²) in [5.74, 6) is 0.369. The molecule has 0 radical (unpaired) electrons. The molecule has 1 amide bonds. The Morgan fingerprint density at radius 1 is 1.27 bits per heavy atom. The van der Waals surface area contributed by atoms with E-state index < -0.39 is 5.60 Å². The minimum absolute atomic E-state index is 0.0934. The van der Waals surface area contributed by atoms with Gasteiger partial charge < -0.3 is 20.3 Å². The molecule has 1 fully saturated rings. The molecule has 0 aromatic heterocycles. The van der Waals surface area contributed by atoms with Crippen LogP contribution in [-0.4, -0.2) is 55.4 Å². The maximum absolute atomic E-state index is 12.0. The molecule has 130 valence electrons. The Morgan fingerprint density at radius 3 is 2.55 bits per heavy atom. The number of nitrogens with zero attached hydrogens (tertiary/aromatic N) is 1. The summed E-state index contributed by atoms with van der Waals surface area (Å²) in [6.45, 7) is 13.0. The van der Waals surface area contributed by atoms with Gasteiger partial charge in [0.25, 0.3) is 0 Å². The zero-order valence-electron chi connectivity index (χ0n) is 15.2. The summed E-state index contributed by atoms with van der Waals surface area (Å²) in [6.07, 6.45) is 3.30. The first-order valence-corrected chi connectivity index (χ1v) is 8.59. The highest BCUT2D eigenvalue weighted by atomic mass is 16.6. The van der Waals surface area contributed by atoms with Crippen molar-refractivity contribution < 1.29 is 9.53 Å². The summed E-state index contributed by atoms with van der Waals surface area (Å²) in [4.78, 5) is 14.3. The molecule has 0 saturated carbocycles. The van der Waals surface area contributed by atoms with Crippen molar-refractivity contribution >= 4 is 6.09 Å². The molecular weight excluding hydrogens is 278 g/mol. The van der Waals surface area contributed by atoms with Gasteiger partial charge in [-0.2, -0.15) is 0 Å². The molecule has 0 aromatic carbocycles. The van der Waals surface area contributed by atoms with E-state index in [1.807, 2.05) is 20.8 Å². The molecule has 0 spiro atoms. The van der Waals surface area contributed by atoms with E-state index in [0.717, 1.165) is 13.1 Å². The Bertz CT molecular complexity index is 339. The van der Waals surface area contributed by atoms with Crippen molar-refractivity contribution in [2.45, 2.75) is 71.6 Å². The van der Waals surface area contributed by atoms with Crippen molar-refractivity contribution in [3.63, 3.8) is 0 Å². The van der Waals surface area contributed by atoms with Crippen LogP contribution in [0.15, 0.2) is 0 Å². The number of carbonyl (C=O) groups is 1. The first-order chi connectivity index (χ1) is 10.2. The standard InChI is InChI=1S/C17H35N3O2/c1-13(2)15(19-16(21)22-17(3,4)5)12-18-14-8-7-10-20(6)11-9-14/h13-15,18H,7-12H2,1-6H3,(H,19,21). The van der Waals surface area contributed by atoms with Gasteiger partial charge in [-0.15, -0.1) is 0 Å². The molecule has 0 aromatic rings. The number of alkyl carbamates (subject to hydrolysis) is 1. The molecule has 1 aliphatic heterocycles. The topological polar surface area (TPSA) is 53.6 Å². The van der Waals surface area contributed by atoms with Gasteiger partial charge in [0.05, 0.1) is 0 Å². The Morgan fingerprint density at radius 2 is 1.95 bits per heavy atom. The number of amides is 1. The fraction of sp³-hybridized carbons (Fsp3) is 0.941. The van der Waals surface area contributed by atoms with Gasteiger partial charge in [-0.25, -0.2) is 4.79 Å². The second-order valence-corrected chi connectivity index (χ2v) is 7.84. The molecule has 2 unspecified atom stereocenters. The Kier molecular flexibility index (Phi) is 7.63. The lowest BCUT2D eigenvalue weighted by atomic mass is 10.0. The lowest BCUT2D eigenvalue weighted by Crippen LogP contribution is -2.49. The quantitative estimate of drug-likeness (QED) is 0.819. The minimum atomic E-state index is -0.453. The van der Waals surface area contributed by atoms with Gasteiger partial charge in [0.15, 0.2) is 0 Å². The summed E-state index contributed by atoms with van der Waals surface area (Å²) in [5, 5.41) is 6.64. The minimum Gasteiger partial charge on any atom is -0.444 e. The molecule has 22 heavy (non-hydrogen) atoms. The molecule has 5 nitrogen and oxygen atoms in total. The van der Waals surface area contributed by atoms with E-state index in [1.165, 1.54) is 25.8 Å². The lowest BCUT2D eigenvalue weighted by molar-refractivity contribution is 0.0489. The maximum Gasteiger partial charge on any atom is 0.407 e. The van der Waals surface area contributed by atoms with E-state index in [0.29, 0.717) is 12.0 Å². The second kappa shape index (κ2) is 8.73. The zero-order chi connectivity index (χ0) is 16.8. The van der Waals surface area contributed by atoms with E-state index in [1.54, 1.807) is 0 Å². The highest BCUT2D eigenvalue weighted by molar-refractivity contribution is 5.68. The van der Waals surface area contributed by atoms with Crippen molar-refractivity contribution in [2.75, 3.05) is 26.7 Å². The van der Waals surface area contributed by atoms with Crippen LogP contribution in [0.2, 0.25) is 0 Å². The number of hydrogen-bond acceptors (Lipinski definition) is 4. The molecule has 2 atom stereocenters. The maximum atomic E-state index is 12.0. The van der Waals surface area contributed by atoms with Crippen LogP contribution < -0.4 is 10.6 Å². The number of carbonyl (C=O) groups excluding carboxylic acids is 1. The van der Waals surface area contributed by atoms with Crippen LogP contribution >= 0.6 is 0 Å². The molecule has 2 N–H and O–H groups in total. The van der Waals surface area contributed by atoms with E-state index in [9.17, 15) is 4.79 Å². The van der Waals surface area contributed by atoms with Gasteiger partial charge in [0.1, 0.15) is 5.60 Å². The smallest absolute Gasteiger partial charge is 0.407 e. The Balaban J connectivity index is 2.42. The highest BCUT2D eigenvalue weighted by Gasteiger charge is 2.22. The van der Waals surface area contributed by atoms with Gasteiger partial charge in [-0.05, 0) is 66.1 Å². The SMILES string of the molecule is CC(C)C(CNC1CCCN(C)CC1)NC(=O)OC(C)(C)C. The van der Waals surface area contributed by atoms with Gasteiger partial charge in [0, 0.05) is 18.6 Å². The van der Waals surface area contributed by atoms with Gasteiger partial charge in [0.2, 0.25) is 0 Å². The normalized spacial score (nSPS) is 22.2. The molecule has 0 aliphatic carbocycles. The number of nitrogens with one attached hydrogen (secondary N) is 2. The average molecular weight is 313 g/mol. The fourth-order valence-corrected chi connectivity index (χ4v) is 2.65. The van der Waals surface area contributed by atoms with E-state index >= 15 is 0 Å². The first-order valence-electron chi connectivity index (χ1n) is 8.59. The van der Waals surface area contributed by atoms with Crippen molar-refractivity contribution in [1.82, 2.24) is 15.5 Å². The highest BCUT2D eigenvalue weighted by Crippen LogP contribution is 2.11. The third kappa shape index (κ3) is 7.99. The molecule has 1 aliphatic rings. The molecule has 5 heteroatoms. The number of ether oxygens (including phenoxy) is 1. The Labute approximate surface area is 136 Å². The van der Waals surface area contributed by atoms with Crippen LogP contribution in [0.5, 0.6) is 0 Å². The summed E-state index contributed by atoms with van der Waals surface area (Å²) >= 11 is 0. The van der Waals surface area contributed by atoms with Crippen LogP contribution in [0.1, 0.15) is 53.9 Å². The van der Waals surface area contributed by atoms with Crippen LogP contribution in [-0.2, 0) is 4.74 Å². The monoisotopic (exact) mass is 313 g/mol. The van der Waals surface area contributed by atoms with Crippen molar-refractivity contribution in [3.05, 3.63) is 0 Å². The Hall–Kier alpha value is -0.810. The molecule has 1 rings (SSSR count). The number of hydrogen-bond donors (Lipinski definition) is 2. The number of likely N-dealkylation sites (tertiary alicyclic amines) is 1. The van der Waals surface area contributed by atoms with Crippen molar-refractivity contribution in [2.24, 2.45) is 5.92 Å². The third-order valence-corrected chi connectivity index (χ3v) is 4.09. The first kappa shape index (κ1) is 19.2. The number of rotatable bonds is 5. The van der Waals surface area contributed by atoms with Crippen LogP contribution in [0.4, 0.5) is 4.79 Å². The molecule has 1 saturated heterocycles. The van der Waals surface area contributed by atoms with Crippen molar-refractivity contribution in [1.29, 1.82) is 0 Å². The lowest BCUT2D eigenvalue weighted by Gasteiger charge is -2.27. The summed E-state index contributed by atoms with van der Waals surface area (Å²) < 4.78 is 5.36. The zero-order valence-corrected chi connectivity index (χ0v) is 15.2. The predicted molar refractivity (Wildman–Crippen MR) is 91.1 cm³/mol. The predicted octanol–water partition coefficient (Wildman–Crippen LogP) is 2.61. The summed E-state index contributed by atoms with van der Waals surface area (Å²) in [6, 6.07) is 0.641. The van der Waals surface area contributed by atoms with Crippen LogP contribution in [0, 0.1) is 5.92 Å². The van der Waals surface area contributed by atoms with Gasteiger partial charge in [-0.3, -0.25) is 0 Å². The molecule has 0 bridgehead atoms. The summed E-state index contributed by atoms with van der Waals surface area (Å²) in [7, 11) is 2.18.